The smallest absolute Gasteiger partial charge is 0.338 e. The SMILES string of the molecule is CCN1C[C@]2(COC)CC[C@H](OC)[C@]34C1[C@H]([C@H](OC)[C@H]23)[C@]1(OC(=O)/C=C/C(=O)O)[C@H]2[C@@H](OC(=O)c3ccccc3)[C@](O)(C[C@H]24)[C@@H](OC)[C@@H]1O. The van der Waals surface area contributed by atoms with Crippen molar-refractivity contribution in [2.45, 2.75) is 73.9 Å². The van der Waals surface area contributed by atoms with Gasteiger partial charge in [-0.25, -0.2) is 14.4 Å². The molecule has 6 fully saturated rings. The van der Waals surface area contributed by atoms with Gasteiger partial charge in [0.2, 0.25) is 0 Å². The maximum atomic E-state index is 13.8. The highest BCUT2D eigenvalue weighted by atomic mass is 16.6. The van der Waals surface area contributed by atoms with Gasteiger partial charge in [-0.3, -0.25) is 4.90 Å². The molecule has 13 heteroatoms. The molecule has 1 aliphatic heterocycles. The van der Waals surface area contributed by atoms with E-state index in [1.165, 1.54) is 7.11 Å². The van der Waals surface area contributed by atoms with Gasteiger partial charge in [0.15, 0.2) is 5.60 Å². The Kier molecular flexibility index (Phi) is 8.53. The number of likely N-dealkylation sites (tertiary alicyclic amines) is 1. The Morgan fingerprint density at radius 3 is 2.35 bits per heavy atom. The van der Waals surface area contributed by atoms with Gasteiger partial charge in [0.1, 0.15) is 23.9 Å². The molecule has 13 nitrogen and oxygen atoms in total. The van der Waals surface area contributed by atoms with E-state index in [1.807, 2.05) is 0 Å². The Hall–Kier alpha value is -2.91. The van der Waals surface area contributed by atoms with Crippen LogP contribution in [0.15, 0.2) is 42.5 Å². The minimum atomic E-state index is -1.88. The molecule has 1 unspecified atom stereocenters. The first-order valence-electron chi connectivity index (χ1n) is 17.1. The number of ether oxygens (including phenoxy) is 6. The van der Waals surface area contributed by atoms with Crippen LogP contribution in [0.5, 0.6) is 0 Å². The van der Waals surface area contributed by atoms with E-state index < -0.39 is 82.1 Å². The minimum absolute atomic E-state index is 0.0564. The molecule has 1 spiro atoms. The van der Waals surface area contributed by atoms with Crippen LogP contribution in [0, 0.1) is 34.5 Å². The molecule has 3 N–H and O–H groups in total. The van der Waals surface area contributed by atoms with Gasteiger partial charge < -0.3 is 43.7 Å². The standard InChI is InChI=1S/C36H47NO12/c1-6-37-17-33(18-44-2)15-14-21(45-3)35-20-16-34(43)30(48-32(42)19-10-8-7-9-11-19)24(20)36(29(41)31(34)47-5,49-23(40)13-12-22(38)39)25(28(35)37)26(46-4)27(33)35/h7-13,20-21,24-31,41,43H,6,14-18H2,1-5H3,(H,38,39)/b13-12+/t20-,21+,24-,25+,26+,27-,28?,29+,30-,31+,33+,34-,35+,36-/m1/s1. The highest BCUT2D eigenvalue weighted by Gasteiger charge is 2.91. The summed E-state index contributed by atoms with van der Waals surface area (Å²) in [5.41, 5.74) is -4.59. The number of benzene rings is 1. The van der Waals surface area contributed by atoms with Crippen LogP contribution in [0.4, 0.5) is 0 Å². The first-order chi connectivity index (χ1) is 23.5. The third-order valence-electron chi connectivity index (χ3n) is 13.4. The highest BCUT2D eigenvalue weighted by Crippen LogP contribution is 2.80. The molecule has 7 bridgehead atoms. The lowest BCUT2D eigenvalue weighted by Gasteiger charge is -2.69. The summed E-state index contributed by atoms with van der Waals surface area (Å²) in [6.45, 7) is 3.78. The molecule has 5 saturated carbocycles. The Labute approximate surface area is 285 Å². The van der Waals surface area contributed by atoms with Crippen LogP contribution in [0.25, 0.3) is 0 Å². The average molecular weight is 686 g/mol. The zero-order valence-electron chi connectivity index (χ0n) is 28.5. The summed E-state index contributed by atoms with van der Waals surface area (Å²) in [6, 6.07) is 8.05. The predicted octanol–water partition coefficient (Wildman–Crippen LogP) is 1.30. The maximum absolute atomic E-state index is 13.8. The number of carbonyl (C=O) groups excluding carboxylic acids is 2. The predicted molar refractivity (Wildman–Crippen MR) is 170 cm³/mol. The summed E-state index contributed by atoms with van der Waals surface area (Å²) in [6.07, 6.45) is -2.13. The number of methoxy groups -OCH3 is 4. The largest absolute Gasteiger partial charge is 0.478 e. The molecule has 268 valence electrons. The molecule has 0 amide bonds. The Morgan fingerprint density at radius 2 is 1.73 bits per heavy atom. The number of aliphatic carboxylic acids is 1. The van der Waals surface area contributed by atoms with Crippen molar-refractivity contribution in [3.63, 3.8) is 0 Å². The van der Waals surface area contributed by atoms with E-state index in [0.717, 1.165) is 12.5 Å². The summed E-state index contributed by atoms with van der Waals surface area (Å²) in [4.78, 5) is 41.5. The van der Waals surface area contributed by atoms with Crippen molar-refractivity contribution >= 4 is 17.9 Å². The fraction of sp³-hybridized carbons (Fsp3) is 0.694. The van der Waals surface area contributed by atoms with E-state index in [4.69, 9.17) is 28.4 Å². The zero-order chi connectivity index (χ0) is 35.1. The fourth-order valence-corrected chi connectivity index (χ4v) is 12.5. The van der Waals surface area contributed by atoms with E-state index in [9.17, 15) is 29.7 Å². The van der Waals surface area contributed by atoms with Crippen LogP contribution in [0.1, 0.15) is 36.5 Å². The number of aliphatic hydroxyl groups is 2. The van der Waals surface area contributed by atoms with Gasteiger partial charge in [0.05, 0.1) is 24.4 Å². The number of fused-ring (bicyclic) bond motifs is 2. The Morgan fingerprint density at radius 1 is 1.00 bits per heavy atom. The summed E-state index contributed by atoms with van der Waals surface area (Å²) in [5.74, 6) is -5.44. The monoisotopic (exact) mass is 685 g/mol. The van der Waals surface area contributed by atoms with E-state index in [2.05, 4.69) is 11.8 Å². The molecule has 1 saturated heterocycles. The van der Waals surface area contributed by atoms with E-state index in [1.54, 1.807) is 51.7 Å². The summed E-state index contributed by atoms with van der Waals surface area (Å²) in [7, 11) is 6.35. The number of aliphatic hydroxyl groups excluding tert-OH is 1. The normalized spacial score (nSPS) is 46.1. The maximum Gasteiger partial charge on any atom is 0.338 e. The summed E-state index contributed by atoms with van der Waals surface area (Å²) in [5, 5.41) is 34.8. The Balaban J connectivity index is 1.52. The average Bonchev–Trinajstić information content (AvgIpc) is 3.47. The number of hydrogen-bond donors (Lipinski definition) is 3. The van der Waals surface area contributed by atoms with E-state index in [0.29, 0.717) is 32.2 Å². The summed E-state index contributed by atoms with van der Waals surface area (Å²) >= 11 is 0. The van der Waals surface area contributed by atoms with E-state index >= 15 is 0 Å². The topological polar surface area (TPSA) is 171 Å². The van der Waals surface area contributed by atoms with Crippen LogP contribution in [0.3, 0.4) is 0 Å². The number of rotatable bonds is 11. The second kappa shape index (κ2) is 12.1. The van der Waals surface area contributed by atoms with Gasteiger partial charge in [0.25, 0.3) is 0 Å². The van der Waals surface area contributed by atoms with Crippen molar-refractivity contribution < 1.29 is 58.1 Å². The van der Waals surface area contributed by atoms with Crippen LogP contribution < -0.4 is 0 Å². The first-order valence-corrected chi connectivity index (χ1v) is 17.1. The van der Waals surface area contributed by atoms with Crippen molar-refractivity contribution in [3.05, 3.63) is 48.0 Å². The number of piperidine rings is 1. The van der Waals surface area contributed by atoms with Gasteiger partial charge in [-0.15, -0.1) is 0 Å². The Bertz CT molecular complexity index is 1510. The second-order valence-electron chi connectivity index (χ2n) is 14.8. The number of carboxylic acid groups (broad SMARTS) is 1. The fourth-order valence-electron chi connectivity index (χ4n) is 12.5. The molecule has 7 rings (SSSR count). The molecule has 5 aliphatic carbocycles. The van der Waals surface area contributed by atoms with Gasteiger partial charge in [0, 0.05) is 81.8 Å². The second-order valence-corrected chi connectivity index (χ2v) is 14.8. The van der Waals surface area contributed by atoms with Gasteiger partial charge in [-0.2, -0.15) is 0 Å². The van der Waals surface area contributed by atoms with Crippen molar-refractivity contribution in [2.24, 2.45) is 34.5 Å². The lowest BCUT2D eigenvalue weighted by Crippen LogP contribution is -2.81. The molecule has 1 heterocycles. The quantitative estimate of drug-likeness (QED) is 0.225. The van der Waals surface area contributed by atoms with E-state index in [-0.39, 0.29) is 30.0 Å². The molecular formula is C36H47NO12. The molecule has 0 radical (unpaired) electrons. The van der Waals surface area contributed by atoms with Crippen LogP contribution >= 0.6 is 0 Å². The lowest BCUT2D eigenvalue weighted by atomic mass is 9.43. The number of carboxylic acids is 1. The van der Waals surface area contributed by atoms with Crippen molar-refractivity contribution in [2.75, 3.05) is 48.1 Å². The first kappa shape index (κ1) is 34.5. The number of carbonyl (C=O) groups is 3. The van der Waals surface area contributed by atoms with Gasteiger partial charge in [-0.05, 0) is 43.9 Å². The number of nitrogens with zero attached hydrogens (tertiary/aromatic N) is 1. The van der Waals surface area contributed by atoms with Crippen molar-refractivity contribution in [3.8, 4) is 0 Å². The third-order valence-corrected chi connectivity index (χ3v) is 13.4. The highest BCUT2D eigenvalue weighted by molar-refractivity contribution is 5.91. The molecule has 1 aromatic carbocycles. The van der Waals surface area contributed by atoms with Crippen molar-refractivity contribution in [1.82, 2.24) is 4.90 Å². The summed E-state index contributed by atoms with van der Waals surface area (Å²) < 4.78 is 37.7. The van der Waals surface area contributed by atoms with Gasteiger partial charge in [-0.1, -0.05) is 25.1 Å². The number of hydrogen-bond acceptors (Lipinski definition) is 12. The lowest BCUT2D eigenvalue weighted by molar-refractivity contribution is -0.316. The molecular weight excluding hydrogens is 638 g/mol. The third kappa shape index (κ3) is 4.33. The molecule has 6 aliphatic rings. The molecule has 1 aromatic rings. The molecule has 14 atom stereocenters. The van der Waals surface area contributed by atoms with Crippen LogP contribution in [-0.2, 0) is 38.0 Å². The molecule has 49 heavy (non-hydrogen) atoms. The number of esters is 2. The zero-order valence-corrected chi connectivity index (χ0v) is 28.5. The molecule has 0 aromatic heterocycles. The van der Waals surface area contributed by atoms with Crippen molar-refractivity contribution in [1.29, 1.82) is 0 Å². The minimum Gasteiger partial charge on any atom is -0.478 e. The van der Waals surface area contributed by atoms with Crippen LogP contribution in [0.2, 0.25) is 0 Å². The van der Waals surface area contributed by atoms with Gasteiger partial charge >= 0.3 is 17.9 Å². The van der Waals surface area contributed by atoms with Crippen LogP contribution in [-0.4, -0.2) is 134 Å².